The number of hydrogen-bond acceptors (Lipinski definition) is 3. The van der Waals surface area contributed by atoms with E-state index in [-0.39, 0.29) is 0 Å². The van der Waals surface area contributed by atoms with Crippen molar-refractivity contribution in [2.75, 3.05) is 33.4 Å². The molecule has 0 radical (unpaired) electrons. The summed E-state index contributed by atoms with van der Waals surface area (Å²) in [5, 5.41) is 0. The van der Waals surface area contributed by atoms with E-state index in [0.717, 1.165) is 44.5 Å². The Morgan fingerprint density at radius 2 is 2.16 bits per heavy atom. The predicted octanol–water partition coefficient (Wildman–Crippen LogP) is 2.11. The van der Waals surface area contributed by atoms with Gasteiger partial charge in [0.05, 0.1) is 12.0 Å². The molecule has 0 spiro atoms. The normalized spacial score (nSPS) is 23.2. The highest BCUT2D eigenvalue weighted by Crippen LogP contribution is 2.26. The zero-order chi connectivity index (χ0) is 13.7. The van der Waals surface area contributed by atoms with Gasteiger partial charge >= 0.3 is 0 Å². The zero-order valence-electron chi connectivity index (χ0n) is 11.8. The fourth-order valence-corrected chi connectivity index (χ4v) is 2.91. The summed E-state index contributed by atoms with van der Waals surface area (Å²) in [4.78, 5) is 14.0. The predicted molar refractivity (Wildman–Crippen MR) is 76.3 cm³/mol. The number of hydrogen-bond donors (Lipinski definition) is 0. The first kappa shape index (κ1) is 14.2. The molecule has 0 aromatic heterocycles. The van der Waals surface area contributed by atoms with E-state index in [2.05, 4.69) is 4.90 Å². The van der Waals surface area contributed by atoms with E-state index in [1.54, 1.807) is 7.11 Å². The summed E-state index contributed by atoms with van der Waals surface area (Å²) in [7, 11) is 1.75. The van der Waals surface area contributed by atoms with Gasteiger partial charge in [-0.25, -0.2) is 0 Å². The van der Waals surface area contributed by atoms with Crippen molar-refractivity contribution < 1.29 is 9.53 Å². The van der Waals surface area contributed by atoms with Crippen molar-refractivity contribution in [2.24, 2.45) is 5.92 Å². The fourth-order valence-electron chi connectivity index (χ4n) is 2.91. The number of aldehydes is 1. The maximum absolute atomic E-state index is 11.6. The van der Waals surface area contributed by atoms with Gasteiger partial charge in [-0.1, -0.05) is 30.3 Å². The highest BCUT2D eigenvalue weighted by Gasteiger charge is 2.32. The van der Waals surface area contributed by atoms with Crippen LogP contribution in [-0.4, -0.2) is 44.5 Å². The Kier molecular flexibility index (Phi) is 4.72. The number of carbonyl (C=O) groups is 1. The van der Waals surface area contributed by atoms with Crippen LogP contribution in [0.25, 0.3) is 0 Å². The maximum Gasteiger partial charge on any atom is 0.131 e. The lowest BCUT2D eigenvalue weighted by atomic mass is 9.83. The summed E-state index contributed by atoms with van der Waals surface area (Å²) in [5.41, 5.74) is 0.684. The number of carbonyl (C=O) groups excluding carboxylic acids is 1. The Balaban J connectivity index is 2.02. The molecule has 3 heteroatoms. The van der Waals surface area contributed by atoms with Crippen molar-refractivity contribution in [3.05, 3.63) is 35.9 Å². The maximum atomic E-state index is 11.6. The topological polar surface area (TPSA) is 29.5 Å². The highest BCUT2D eigenvalue weighted by molar-refractivity contribution is 5.68. The second kappa shape index (κ2) is 6.31. The Hall–Kier alpha value is -1.19. The van der Waals surface area contributed by atoms with E-state index in [0.29, 0.717) is 5.92 Å². The molecule has 2 rings (SSSR count). The fraction of sp³-hybridized carbons (Fsp3) is 0.562. The van der Waals surface area contributed by atoms with Crippen LogP contribution in [0.3, 0.4) is 0 Å². The number of methoxy groups -OCH3 is 1. The van der Waals surface area contributed by atoms with Crippen molar-refractivity contribution in [3.63, 3.8) is 0 Å². The van der Waals surface area contributed by atoms with E-state index in [1.165, 1.54) is 0 Å². The van der Waals surface area contributed by atoms with Gasteiger partial charge in [-0.05, 0) is 31.4 Å². The van der Waals surface area contributed by atoms with Crippen LogP contribution >= 0.6 is 0 Å². The third-order valence-electron chi connectivity index (χ3n) is 4.02. The highest BCUT2D eigenvalue weighted by atomic mass is 16.5. The van der Waals surface area contributed by atoms with Crippen molar-refractivity contribution in [1.29, 1.82) is 0 Å². The number of rotatable bonds is 6. The molecule has 19 heavy (non-hydrogen) atoms. The first-order valence-electron chi connectivity index (χ1n) is 6.91. The van der Waals surface area contributed by atoms with Crippen LogP contribution < -0.4 is 0 Å². The van der Waals surface area contributed by atoms with Crippen LogP contribution in [-0.2, 0) is 14.9 Å². The molecular weight excluding hydrogens is 238 g/mol. The summed E-state index contributed by atoms with van der Waals surface area (Å²) < 4.78 is 5.22. The second-order valence-corrected chi connectivity index (χ2v) is 5.75. The molecule has 0 saturated carbocycles. The lowest BCUT2D eigenvalue weighted by Gasteiger charge is -2.29. The Morgan fingerprint density at radius 1 is 1.42 bits per heavy atom. The quantitative estimate of drug-likeness (QED) is 0.735. The Bertz CT molecular complexity index is 406. The van der Waals surface area contributed by atoms with Crippen molar-refractivity contribution >= 4 is 6.29 Å². The van der Waals surface area contributed by atoms with Crippen LogP contribution in [0, 0.1) is 5.92 Å². The third kappa shape index (κ3) is 3.43. The summed E-state index contributed by atoms with van der Waals surface area (Å²) in [6.45, 7) is 5.73. The summed E-state index contributed by atoms with van der Waals surface area (Å²) in [5.74, 6) is 0.608. The van der Waals surface area contributed by atoms with Crippen LogP contribution in [0.2, 0.25) is 0 Å². The van der Waals surface area contributed by atoms with Crippen LogP contribution in [0.5, 0.6) is 0 Å². The van der Waals surface area contributed by atoms with E-state index in [4.69, 9.17) is 4.74 Å². The van der Waals surface area contributed by atoms with Crippen molar-refractivity contribution in [1.82, 2.24) is 4.90 Å². The summed E-state index contributed by atoms with van der Waals surface area (Å²) >= 11 is 0. The minimum absolute atomic E-state index is 0.413. The monoisotopic (exact) mass is 261 g/mol. The molecule has 2 atom stereocenters. The number of ether oxygens (including phenoxy) is 1. The molecule has 1 aromatic carbocycles. The van der Waals surface area contributed by atoms with E-state index >= 15 is 0 Å². The first-order valence-corrected chi connectivity index (χ1v) is 6.91. The molecule has 1 saturated heterocycles. The lowest BCUT2D eigenvalue weighted by molar-refractivity contribution is -0.112. The lowest BCUT2D eigenvalue weighted by Crippen LogP contribution is -2.39. The number of likely N-dealkylation sites (tertiary alicyclic amines) is 1. The van der Waals surface area contributed by atoms with Gasteiger partial charge in [-0.2, -0.15) is 0 Å². The molecule has 2 unspecified atom stereocenters. The molecule has 1 aliphatic heterocycles. The molecule has 1 aromatic rings. The van der Waals surface area contributed by atoms with Crippen molar-refractivity contribution in [2.45, 2.75) is 18.8 Å². The summed E-state index contributed by atoms with van der Waals surface area (Å²) in [6, 6.07) is 10.1. The second-order valence-electron chi connectivity index (χ2n) is 5.75. The minimum atomic E-state index is -0.413. The molecule has 1 heterocycles. The average Bonchev–Trinajstić information content (AvgIpc) is 2.87. The van der Waals surface area contributed by atoms with Crippen molar-refractivity contribution in [3.8, 4) is 0 Å². The molecule has 1 fully saturated rings. The van der Waals surface area contributed by atoms with Gasteiger partial charge < -0.3 is 14.4 Å². The van der Waals surface area contributed by atoms with E-state index in [9.17, 15) is 4.79 Å². The first-order chi connectivity index (χ1) is 9.18. The van der Waals surface area contributed by atoms with E-state index < -0.39 is 5.41 Å². The molecule has 0 N–H and O–H groups in total. The SMILES string of the molecule is COCC1CCN(CC(C)(C=O)c2ccccc2)C1. The number of nitrogens with zero attached hydrogens (tertiary/aromatic N) is 1. The minimum Gasteiger partial charge on any atom is -0.384 e. The molecular formula is C16H23NO2. The van der Waals surface area contributed by atoms with Gasteiger partial charge in [0.2, 0.25) is 0 Å². The van der Waals surface area contributed by atoms with Gasteiger partial charge in [0.25, 0.3) is 0 Å². The Morgan fingerprint density at radius 3 is 2.79 bits per heavy atom. The average molecular weight is 261 g/mol. The number of benzene rings is 1. The van der Waals surface area contributed by atoms with E-state index in [1.807, 2.05) is 37.3 Å². The smallest absolute Gasteiger partial charge is 0.131 e. The van der Waals surface area contributed by atoms with Gasteiger partial charge in [-0.3, -0.25) is 0 Å². The van der Waals surface area contributed by atoms with Crippen LogP contribution in [0.1, 0.15) is 18.9 Å². The molecule has 3 nitrogen and oxygen atoms in total. The molecule has 0 aliphatic carbocycles. The van der Waals surface area contributed by atoms with Gasteiger partial charge in [0, 0.05) is 20.2 Å². The third-order valence-corrected chi connectivity index (χ3v) is 4.02. The van der Waals surface area contributed by atoms with Crippen LogP contribution in [0.4, 0.5) is 0 Å². The molecule has 104 valence electrons. The molecule has 1 aliphatic rings. The Labute approximate surface area is 115 Å². The summed E-state index contributed by atoms with van der Waals surface area (Å²) in [6.07, 6.45) is 2.25. The molecule has 0 amide bonds. The van der Waals surface area contributed by atoms with Gasteiger partial charge in [0.15, 0.2) is 0 Å². The van der Waals surface area contributed by atoms with Crippen LogP contribution in [0.15, 0.2) is 30.3 Å². The largest absolute Gasteiger partial charge is 0.384 e. The zero-order valence-corrected chi connectivity index (χ0v) is 11.8. The van der Waals surface area contributed by atoms with Gasteiger partial charge in [-0.15, -0.1) is 0 Å². The van der Waals surface area contributed by atoms with Gasteiger partial charge in [0.1, 0.15) is 6.29 Å². The standard InChI is InChI=1S/C16H23NO2/c1-16(13-18,15-6-4-3-5-7-15)12-17-9-8-14(10-17)11-19-2/h3-7,13-14H,8-12H2,1-2H3. The molecule has 0 bridgehead atoms.